The van der Waals surface area contributed by atoms with Crippen LogP contribution in [-0.4, -0.2) is 48.7 Å². The first kappa shape index (κ1) is 35.9. The van der Waals surface area contributed by atoms with Crippen molar-refractivity contribution in [3.63, 3.8) is 0 Å². The minimum absolute atomic E-state index is 0.0682. The zero-order valence-electron chi connectivity index (χ0n) is 26.7. The number of tetrazole rings is 1. The molecule has 9 nitrogen and oxygen atoms in total. The van der Waals surface area contributed by atoms with E-state index < -0.39 is 11.9 Å². The molecule has 0 saturated heterocycles. The molecular formula is C35H49N5O4S. The number of carbonyl (C=O) groups is 3. The van der Waals surface area contributed by atoms with E-state index in [0.29, 0.717) is 22.8 Å². The van der Waals surface area contributed by atoms with E-state index in [0.717, 1.165) is 24.9 Å². The maximum atomic E-state index is 12.8. The molecule has 0 spiro atoms. The number of anilines is 1. The van der Waals surface area contributed by atoms with Crippen LogP contribution in [0.4, 0.5) is 5.69 Å². The molecule has 0 fully saturated rings. The number of unbranched alkanes of at least 4 members (excludes halogenated alkanes) is 13. The molecule has 1 atom stereocenters. The summed E-state index contributed by atoms with van der Waals surface area (Å²) in [6.07, 6.45) is 17.9. The minimum Gasteiger partial charge on any atom is -0.481 e. The first-order valence-corrected chi connectivity index (χ1v) is 17.6. The molecule has 1 amide bonds. The first-order chi connectivity index (χ1) is 22.0. The topological polar surface area (TPSA) is 127 Å². The number of aromatic nitrogens is 4. The van der Waals surface area contributed by atoms with Crippen molar-refractivity contribution in [2.24, 2.45) is 5.92 Å². The Labute approximate surface area is 272 Å². The van der Waals surface area contributed by atoms with Gasteiger partial charge in [-0.25, -0.2) is 0 Å². The van der Waals surface area contributed by atoms with E-state index in [1.807, 2.05) is 30.3 Å². The predicted octanol–water partition coefficient (Wildman–Crippen LogP) is 8.54. The van der Waals surface area contributed by atoms with E-state index in [1.165, 1.54) is 82.4 Å². The van der Waals surface area contributed by atoms with Crippen LogP contribution in [0.5, 0.6) is 0 Å². The number of rotatable bonds is 24. The number of benzene rings is 2. The fourth-order valence-electron chi connectivity index (χ4n) is 5.29. The summed E-state index contributed by atoms with van der Waals surface area (Å²) in [5.41, 5.74) is 1.83. The second-order valence-electron chi connectivity index (χ2n) is 11.7. The van der Waals surface area contributed by atoms with E-state index in [9.17, 15) is 19.5 Å². The molecule has 1 unspecified atom stereocenters. The average Bonchev–Trinajstić information content (AvgIpc) is 3.52. The van der Waals surface area contributed by atoms with Crippen molar-refractivity contribution >= 4 is 35.1 Å². The Bertz CT molecular complexity index is 1280. The molecule has 10 heteroatoms. The third kappa shape index (κ3) is 14.0. The summed E-state index contributed by atoms with van der Waals surface area (Å²) in [6.45, 7) is 2.25. The SMILES string of the molecule is CCCCCCCCCCCCCCCCC(CC(=O)Nc1ccc(C(=O)CSc2nnnn2-c2ccccc2)cc1)C(=O)O. The molecule has 3 rings (SSSR count). The Balaban J connectivity index is 1.29. The summed E-state index contributed by atoms with van der Waals surface area (Å²) in [5, 5.41) is 24.7. The lowest BCUT2D eigenvalue weighted by Gasteiger charge is -2.13. The zero-order chi connectivity index (χ0) is 32.1. The Kier molecular flexibility index (Phi) is 17.0. The summed E-state index contributed by atoms with van der Waals surface area (Å²) in [4.78, 5) is 37.2. The Morgan fingerprint density at radius 2 is 1.38 bits per heavy atom. The van der Waals surface area contributed by atoms with Gasteiger partial charge in [0, 0.05) is 17.7 Å². The first-order valence-electron chi connectivity index (χ1n) is 16.6. The van der Waals surface area contributed by atoms with Gasteiger partial charge >= 0.3 is 5.97 Å². The fourth-order valence-corrected chi connectivity index (χ4v) is 6.07. The number of carboxylic acids is 1. The standard InChI is InChI=1S/C35H49N5O4S/c1-2-3-4-5-6-7-8-9-10-11-12-13-14-16-19-29(34(43)44)26-33(42)36-30-24-22-28(23-25-30)32(41)27-45-35-37-38-39-40(35)31-20-17-15-18-21-31/h15,17-18,20-25,29H,2-14,16,19,26-27H2,1H3,(H,36,42)(H,43,44). The predicted molar refractivity (Wildman–Crippen MR) is 180 cm³/mol. The van der Waals surface area contributed by atoms with Gasteiger partial charge < -0.3 is 10.4 Å². The van der Waals surface area contributed by atoms with Crippen molar-refractivity contribution in [1.82, 2.24) is 20.2 Å². The summed E-state index contributed by atoms with van der Waals surface area (Å²) < 4.78 is 1.58. The number of hydrogen-bond acceptors (Lipinski definition) is 7. The molecule has 2 N–H and O–H groups in total. The van der Waals surface area contributed by atoms with Crippen molar-refractivity contribution in [1.29, 1.82) is 0 Å². The molecule has 45 heavy (non-hydrogen) atoms. The smallest absolute Gasteiger partial charge is 0.307 e. The fraction of sp³-hybridized carbons (Fsp3) is 0.543. The number of nitrogens with one attached hydrogen (secondary N) is 1. The summed E-state index contributed by atoms with van der Waals surface area (Å²) in [7, 11) is 0. The van der Waals surface area contributed by atoms with Gasteiger partial charge in [0.1, 0.15) is 0 Å². The molecule has 0 aliphatic heterocycles. The Morgan fingerprint density at radius 3 is 1.96 bits per heavy atom. The second kappa shape index (κ2) is 21.2. The van der Waals surface area contributed by atoms with E-state index in [1.54, 1.807) is 28.9 Å². The molecule has 3 aromatic rings. The van der Waals surface area contributed by atoms with Crippen LogP contribution in [0, 0.1) is 5.92 Å². The third-order valence-electron chi connectivity index (χ3n) is 7.95. The number of aliphatic carboxylic acids is 1. The van der Waals surface area contributed by atoms with Gasteiger partial charge in [-0.3, -0.25) is 14.4 Å². The molecule has 0 saturated carbocycles. The van der Waals surface area contributed by atoms with Gasteiger partial charge in [0.25, 0.3) is 0 Å². The van der Waals surface area contributed by atoms with Gasteiger partial charge in [-0.05, 0) is 53.2 Å². The van der Waals surface area contributed by atoms with E-state index >= 15 is 0 Å². The molecule has 0 bridgehead atoms. The number of ketones is 1. The molecular weight excluding hydrogens is 586 g/mol. The van der Waals surface area contributed by atoms with Gasteiger partial charge in [0.05, 0.1) is 17.4 Å². The van der Waals surface area contributed by atoms with Gasteiger partial charge in [0.2, 0.25) is 11.1 Å². The van der Waals surface area contributed by atoms with E-state index in [-0.39, 0.29) is 23.9 Å². The molecule has 0 aliphatic rings. The molecule has 1 aromatic heterocycles. The lowest BCUT2D eigenvalue weighted by Crippen LogP contribution is -2.22. The highest BCUT2D eigenvalue weighted by molar-refractivity contribution is 7.99. The van der Waals surface area contributed by atoms with E-state index in [2.05, 4.69) is 27.8 Å². The van der Waals surface area contributed by atoms with Gasteiger partial charge in [-0.15, -0.1) is 5.10 Å². The lowest BCUT2D eigenvalue weighted by molar-refractivity contribution is -0.143. The quantitative estimate of drug-likeness (QED) is 0.0569. The average molecular weight is 636 g/mol. The van der Waals surface area contributed by atoms with Crippen LogP contribution in [-0.2, 0) is 9.59 Å². The third-order valence-corrected chi connectivity index (χ3v) is 8.87. The number of hydrogen-bond donors (Lipinski definition) is 2. The Hall–Kier alpha value is -3.53. The second-order valence-corrected chi connectivity index (χ2v) is 12.6. The van der Waals surface area contributed by atoms with Crippen LogP contribution in [0.25, 0.3) is 5.69 Å². The van der Waals surface area contributed by atoms with Crippen LogP contribution in [0.2, 0.25) is 0 Å². The summed E-state index contributed by atoms with van der Waals surface area (Å²) >= 11 is 1.25. The van der Waals surface area contributed by atoms with E-state index in [4.69, 9.17) is 0 Å². The minimum atomic E-state index is -0.934. The van der Waals surface area contributed by atoms with Gasteiger partial charge in [-0.2, -0.15) is 4.68 Å². The summed E-state index contributed by atoms with van der Waals surface area (Å²) in [6, 6.07) is 16.1. The van der Waals surface area contributed by atoms with Crippen LogP contribution in [0.3, 0.4) is 0 Å². The van der Waals surface area contributed by atoms with Crippen LogP contribution >= 0.6 is 11.8 Å². The van der Waals surface area contributed by atoms with Crippen LogP contribution in [0.15, 0.2) is 59.8 Å². The molecule has 0 radical (unpaired) electrons. The molecule has 0 aliphatic carbocycles. The number of thioether (sulfide) groups is 1. The van der Waals surface area contributed by atoms with Crippen LogP contribution in [0.1, 0.15) is 120 Å². The number of para-hydroxylation sites is 1. The number of carboxylic acid groups (broad SMARTS) is 1. The molecule has 244 valence electrons. The number of carbonyl (C=O) groups excluding carboxylic acids is 2. The largest absolute Gasteiger partial charge is 0.481 e. The molecule has 1 heterocycles. The normalized spacial score (nSPS) is 11.8. The highest BCUT2D eigenvalue weighted by atomic mass is 32.2. The molecule has 2 aromatic carbocycles. The van der Waals surface area contributed by atoms with Crippen molar-refractivity contribution < 1.29 is 19.5 Å². The lowest BCUT2D eigenvalue weighted by atomic mass is 9.96. The number of nitrogens with zero attached hydrogens (tertiary/aromatic N) is 4. The van der Waals surface area contributed by atoms with Crippen LogP contribution < -0.4 is 5.32 Å². The van der Waals surface area contributed by atoms with Gasteiger partial charge in [-0.1, -0.05) is 127 Å². The highest BCUT2D eigenvalue weighted by Gasteiger charge is 2.21. The zero-order valence-corrected chi connectivity index (χ0v) is 27.5. The van der Waals surface area contributed by atoms with Gasteiger partial charge in [0.15, 0.2) is 5.78 Å². The van der Waals surface area contributed by atoms with Crippen molar-refractivity contribution in [3.05, 3.63) is 60.2 Å². The Morgan fingerprint density at radius 1 is 0.800 bits per heavy atom. The van der Waals surface area contributed by atoms with Crippen molar-refractivity contribution in [2.45, 2.75) is 115 Å². The highest BCUT2D eigenvalue weighted by Crippen LogP contribution is 2.21. The maximum absolute atomic E-state index is 12.8. The van der Waals surface area contributed by atoms with Crippen molar-refractivity contribution in [2.75, 3.05) is 11.1 Å². The monoisotopic (exact) mass is 635 g/mol. The number of amides is 1. The summed E-state index contributed by atoms with van der Waals surface area (Å²) in [5.74, 6) is -1.92. The maximum Gasteiger partial charge on any atom is 0.307 e. The van der Waals surface area contributed by atoms with Crippen molar-refractivity contribution in [3.8, 4) is 5.69 Å². The number of Topliss-reactive ketones (excluding diaryl/α,β-unsaturated/α-hetero) is 1.